The fourth-order valence-corrected chi connectivity index (χ4v) is 3.41. The maximum absolute atomic E-state index is 5.61. The summed E-state index contributed by atoms with van der Waals surface area (Å²) in [7, 11) is 0. The first-order chi connectivity index (χ1) is 8.78. The molecular weight excluding hydrogens is 246 g/mol. The molecule has 0 amide bonds. The first-order valence-corrected chi connectivity index (χ1v) is 7.25. The van der Waals surface area contributed by atoms with Gasteiger partial charge >= 0.3 is 0 Å². The fraction of sp³-hybridized carbons (Fsp3) is 0.538. The van der Waals surface area contributed by atoms with E-state index in [0.29, 0.717) is 18.3 Å². The van der Waals surface area contributed by atoms with Gasteiger partial charge in [-0.2, -0.15) is 4.98 Å². The largest absolute Gasteiger partial charge is 0.333 e. The van der Waals surface area contributed by atoms with Crippen LogP contribution in [0.2, 0.25) is 0 Å². The highest BCUT2D eigenvalue weighted by Crippen LogP contribution is 2.35. The summed E-state index contributed by atoms with van der Waals surface area (Å²) < 4.78 is 5.35. The lowest BCUT2D eigenvalue weighted by Gasteiger charge is -2.08. The number of nitrogens with two attached hydrogens (primary N) is 1. The van der Waals surface area contributed by atoms with Crippen molar-refractivity contribution in [1.82, 2.24) is 10.1 Å². The number of thiophene rings is 1. The van der Waals surface area contributed by atoms with Crippen molar-refractivity contribution in [3.05, 3.63) is 22.3 Å². The summed E-state index contributed by atoms with van der Waals surface area (Å²) in [6.45, 7) is 2.55. The van der Waals surface area contributed by atoms with Gasteiger partial charge in [0.15, 0.2) is 5.82 Å². The first kappa shape index (κ1) is 11.9. The van der Waals surface area contributed by atoms with E-state index in [-0.39, 0.29) is 5.92 Å². The molecule has 96 valence electrons. The Bertz CT molecular complexity index is 523. The van der Waals surface area contributed by atoms with Crippen LogP contribution >= 0.6 is 11.3 Å². The number of aromatic nitrogens is 2. The molecule has 0 fully saturated rings. The van der Waals surface area contributed by atoms with Crippen molar-refractivity contribution < 1.29 is 4.52 Å². The van der Waals surface area contributed by atoms with Gasteiger partial charge < -0.3 is 10.3 Å². The van der Waals surface area contributed by atoms with Gasteiger partial charge in [-0.15, -0.1) is 11.3 Å². The molecule has 18 heavy (non-hydrogen) atoms. The van der Waals surface area contributed by atoms with Crippen LogP contribution in [0.25, 0.3) is 10.8 Å². The summed E-state index contributed by atoms with van der Waals surface area (Å²) in [5, 5.41) is 4.01. The minimum Gasteiger partial charge on any atom is -0.333 e. The lowest BCUT2D eigenvalue weighted by Crippen LogP contribution is -2.10. The molecule has 0 aliphatic heterocycles. The average Bonchev–Trinajstić information content (AvgIpc) is 3.03. The molecule has 0 spiro atoms. The normalized spacial score (nSPS) is 16.6. The highest BCUT2D eigenvalue weighted by Gasteiger charge is 2.19. The molecule has 1 aliphatic rings. The second-order valence-electron chi connectivity index (χ2n) is 4.86. The van der Waals surface area contributed by atoms with Gasteiger partial charge in [-0.05, 0) is 37.3 Å². The van der Waals surface area contributed by atoms with Gasteiger partial charge in [0.05, 0.1) is 4.88 Å². The minimum atomic E-state index is 0.150. The molecule has 4 nitrogen and oxygen atoms in total. The molecule has 2 aromatic heterocycles. The van der Waals surface area contributed by atoms with E-state index in [0.717, 1.165) is 4.88 Å². The Kier molecular flexibility index (Phi) is 3.18. The van der Waals surface area contributed by atoms with E-state index in [9.17, 15) is 0 Å². The average molecular weight is 263 g/mol. The number of hydrogen-bond donors (Lipinski definition) is 1. The highest BCUT2D eigenvalue weighted by molar-refractivity contribution is 7.15. The van der Waals surface area contributed by atoms with Gasteiger partial charge in [-0.1, -0.05) is 12.1 Å². The van der Waals surface area contributed by atoms with Crippen molar-refractivity contribution in [2.75, 3.05) is 6.54 Å². The molecule has 0 saturated heterocycles. The van der Waals surface area contributed by atoms with Crippen LogP contribution in [0.4, 0.5) is 0 Å². The van der Waals surface area contributed by atoms with Crippen molar-refractivity contribution in [2.45, 2.75) is 38.5 Å². The topological polar surface area (TPSA) is 64.9 Å². The molecule has 0 saturated carbocycles. The van der Waals surface area contributed by atoms with Crippen LogP contribution in [0.1, 0.15) is 41.9 Å². The molecule has 1 aliphatic carbocycles. The summed E-state index contributed by atoms with van der Waals surface area (Å²) in [6.07, 6.45) is 4.97. The minimum absolute atomic E-state index is 0.150. The molecule has 2 aromatic rings. The summed E-state index contributed by atoms with van der Waals surface area (Å²) in [6, 6.07) is 2.21. The maximum Gasteiger partial charge on any atom is 0.268 e. The Morgan fingerprint density at radius 1 is 1.44 bits per heavy atom. The summed E-state index contributed by atoms with van der Waals surface area (Å²) >= 11 is 1.79. The van der Waals surface area contributed by atoms with E-state index in [1.807, 2.05) is 6.92 Å². The Morgan fingerprint density at radius 3 is 3.06 bits per heavy atom. The van der Waals surface area contributed by atoms with Gasteiger partial charge in [-0.3, -0.25) is 0 Å². The molecule has 1 atom stereocenters. The van der Waals surface area contributed by atoms with Crippen LogP contribution < -0.4 is 5.73 Å². The van der Waals surface area contributed by atoms with E-state index in [2.05, 4.69) is 16.2 Å². The molecule has 1 unspecified atom stereocenters. The number of hydrogen-bond acceptors (Lipinski definition) is 5. The molecule has 5 heteroatoms. The standard InChI is InChI=1S/C13H17N3OS/c1-8(7-14)12-15-13(17-16-12)11-6-9-4-2-3-5-10(9)18-11/h6,8H,2-5,7,14H2,1H3. The molecule has 2 N–H and O–H groups in total. The molecule has 0 radical (unpaired) electrons. The van der Waals surface area contributed by atoms with Crippen LogP contribution in [0, 0.1) is 0 Å². The zero-order chi connectivity index (χ0) is 12.5. The summed E-state index contributed by atoms with van der Waals surface area (Å²) in [5.41, 5.74) is 7.08. The van der Waals surface area contributed by atoms with Gasteiger partial charge in [0, 0.05) is 17.3 Å². The van der Waals surface area contributed by atoms with E-state index >= 15 is 0 Å². The lowest BCUT2D eigenvalue weighted by atomic mass is 9.99. The van der Waals surface area contributed by atoms with Gasteiger partial charge in [0.25, 0.3) is 5.89 Å². The third kappa shape index (κ3) is 2.08. The predicted molar refractivity (Wildman–Crippen MR) is 71.7 cm³/mol. The van der Waals surface area contributed by atoms with Crippen LogP contribution in [0.5, 0.6) is 0 Å². The van der Waals surface area contributed by atoms with Crippen LogP contribution in [0.3, 0.4) is 0 Å². The van der Waals surface area contributed by atoms with Crippen molar-refractivity contribution in [1.29, 1.82) is 0 Å². The number of rotatable bonds is 3. The first-order valence-electron chi connectivity index (χ1n) is 6.43. The summed E-state index contributed by atoms with van der Waals surface area (Å²) in [4.78, 5) is 7.04. The van der Waals surface area contributed by atoms with Crippen molar-refractivity contribution in [3.8, 4) is 10.8 Å². The van der Waals surface area contributed by atoms with E-state index in [4.69, 9.17) is 10.3 Å². The van der Waals surface area contributed by atoms with Gasteiger partial charge in [0.2, 0.25) is 0 Å². The van der Waals surface area contributed by atoms with Crippen molar-refractivity contribution >= 4 is 11.3 Å². The molecule has 2 heterocycles. The fourth-order valence-electron chi connectivity index (χ4n) is 2.24. The Balaban J connectivity index is 1.90. The quantitative estimate of drug-likeness (QED) is 0.924. The predicted octanol–water partition coefficient (Wildman–Crippen LogP) is 2.74. The zero-order valence-corrected chi connectivity index (χ0v) is 11.3. The van der Waals surface area contributed by atoms with E-state index in [1.165, 1.54) is 36.1 Å². The van der Waals surface area contributed by atoms with Crippen molar-refractivity contribution in [2.24, 2.45) is 5.73 Å². The third-order valence-electron chi connectivity index (χ3n) is 3.44. The van der Waals surface area contributed by atoms with Gasteiger partial charge in [-0.25, -0.2) is 0 Å². The van der Waals surface area contributed by atoms with Crippen LogP contribution in [-0.2, 0) is 12.8 Å². The monoisotopic (exact) mass is 263 g/mol. The van der Waals surface area contributed by atoms with Gasteiger partial charge in [0.1, 0.15) is 0 Å². The third-order valence-corrected chi connectivity index (χ3v) is 4.67. The Morgan fingerprint density at radius 2 is 2.28 bits per heavy atom. The van der Waals surface area contributed by atoms with Crippen LogP contribution in [0.15, 0.2) is 10.6 Å². The molecule has 3 rings (SSSR count). The van der Waals surface area contributed by atoms with E-state index in [1.54, 1.807) is 11.3 Å². The SMILES string of the molecule is CC(CN)c1noc(-c2cc3c(s2)CCCC3)n1. The highest BCUT2D eigenvalue weighted by atomic mass is 32.1. The molecule has 0 aromatic carbocycles. The second-order valence-corrected chi connectivity index (χ2v) is 6.00. The Hall–Kier alpha value is -1.20. The second kappa shape index (κ2) is 4.82. The summed E-state index contributed by atoms with van der Waals surface area (Å²) in [5.74, 6) is 1.50. The van der Waals surface area contributed by atoms with Crippen molar-refractivity contribution in [3.63, 3.8) is 0 Å². The molecule has 0 bridgehead atoms. The number of nitrogens with zero attached hydrogens (tertiary/aromatic N) is 2. The Labute approximate surface area is 110 Å². The smallest absolute Gasteiger partial charge is 0.268 e. The molecular formula is C13H17N3OS. The zero-order valence-electron chi connectivity index (χ0n) is 10.5. The number of fused-ring (bicyclic) bond motifs is 1. The lowest BCUT2D eigenvalue weighted by molar-refractivity contribution is 0.418. The number of aryl methyl sites for hydroxylation is 2. The maximum atomic E-state index is 5.61. The van der Waals surface area contributed by atoms with Crippen LogP contribution in [-0.4, -0.2) is 16.7 Å². The van der Waals surface area contributed by atoms with E-state index < -0.39 is 0 Å².